The molecule has 2 nitrogen and oxygen atoms in total. The average Bonchev–Trinajstić information content (AvgIpc) is 2.04. The lowest BCUT2D eigenvalue weighted by atomic mass is 10.0. The summed E-state index contributed by atoms with van der Waals surface area (Å²) in [6, 6.07) is 0. The quantitative estimate of drug-likeness (QED) is 0.454. The van der Waals surface area contributed by atoms with E-state index in [1.165, 1.54) is 0 Å². The number of ether oxygens (including phenoxy) is 1. The summed E-state index contributed by atoms with van der Waals surface area (Å²) in [5, 5.41) is -0.0770. The van der Waals surface area contributed by atoms with Gasteiger partial charge in [-0.1, -0.05) is 39.0 Å². The Bertz CT molecular complexity index is 185. The van der Waals surface area contributed by atoms with Crippen LogP contribution >= 0.6 is 24.2 Å². The van der Waals surface area contributed by atoms with E-state index in [-0.39, 0.29) is 5.03 Å². The highest BCUT2D eigenvalue weighted by Crippen LogP contribution is 2.13. The van der Waals surface area contributed by atoms with E-state index in [0.717, 1.165) is 5.75 Å². The van der Waals surface area contributed by atoms with Crippen molar-refractivity contribution in [1.82, 2.24) is 0 Å². The second-order valence-electron chi connectivity index (χ2n) is 3.84. The van der Waals surface area contributed by atoms with Gasteiger partial charge in [0.15, 0.2) is 0 Å². The standard InChI is InChI=1S/C5H7ClO2.C5H12S/c1-3-8-5(7)4(2)6;1-5(2,3)4-6/h2-3H2,1H3;6H,4H2,1-3H3. The zero-order valence-electron chi connectivity index (χ0n) is 9.26. The van der Waals surface area contributed by atoms with E-state index in [1.807, 2.05) is 0 Å². The van der Waals surface area contributed by atoms with Crippen LogP contribution in [0.15, 0.2) is 11.6 Å². The third-order valence-corrected chi connectivity index (χ3v) is 2.07. The third-order valence-electron chi connectivity index (χ3n) is 0.971. The smallest absolute Gasteiger partial charge is 0.349 e. The number of hydrogen-bond donors (Lipinski definition) is 1. The first-order valence-corrected chi connectivity index (χ1v) is 5.38. The molecule has 0 aromatic carbocycles. The van der Waals surface area contributed by atoms with Crippen LogP contribution in [0, 0.1) is 5.41 Å². The Morgan fingerprint density at radius 2 is 1.86 bits per heavy atom. The SMILES string of the molecule is C=C(Cl)C(=O)OCC.CC(C)(C)CS. The van der Waals surface area contributed by atoms with Crippen molar-refractivity contribution in [3.8, 4) is 0 Å². The second-order valence-corrected chi connectivity index (χ2v) is 4.62. The number of carbonyl (C=O) groups excluding carboxylic acids is 1. The molecule has 0 radical (unpaired) electrons. The van der Waals surface area contributed by atoms with E-state index in [0.29, 0.717) is 12.0 Å². The zero-order valence-corrected chi connectivity index (χ0v) is 10.9. The van der Waals surface area contributed by atoms with Crippen LogP contribution in [0.3, 0.4) is 0 Å². The first-order chi connectivity index (χ1) is 6.24. The van der Waals surface area contributed by atoms with Crippen LogP contribution in [0.5, 0.6) is 0 Å². The molecule has 0 saturated carbocycles. The van der Waals surface area contributed by atoms with Gasteiger partial charge in [-0.15, -0.1) is 0 Å². The third kappa shape index (κ3) is 14.4. The maximum absolute atomic E-state index is 10.3. The largest absolute Gasteiger partial charge is 0.462 e. The van der Waals surface area contributed by atoms with E-state index in [9.17, 15) is 4.79 Å². The molecular weight excluding hydrogens is 220 g/mol. The van der Waals surface area contributed by atoms with Crippen molar-refractivity contribution in [2.45, 2.75) is 27.7 Å². The van der Waals surface area contributed by atoms with E-state index in [4.69, 9.17) is 11.6 Å². The first kappa shape index (κ1) is 16.3. The molecule has 0 fully saturated rings. The molecule has 0 heterocycles. The summed E-state index contributed by atoms with van der Waals surface area (Å²) in [6.45, 7) is 11.7. The predicted octanol–water partition coefficient (Wildman–Crippen LogP) is 3.26. The summed E-state index contributed by atoms with van der Waals surface area (Å²) in [6.07, 6.45) is 0. The predicted molar refractivity (Wildman–Crippen MR) is 64.9 cm³/mol. The molecule has 0 aliphatic heterocycles. The summed E-state index contributed by atoms with van der Waals surface area (Å²) < 4.78 is 4.43. The van der Waals surface area contributed by atoms with Gasteiger partial charge in [0.25, 0.3) is 0 Å². The Morgan fingerprint density at radius 1 is 1.50 bits per heavy atom. The molecular formula is C10H19ClO2S. The van der Waals surface area contributed by atoms with E-state index < -0.39 is 5.97 Å². The van der Waals surface area contributed by atoms with E-state index >= 15 is 0 Å². The fourth-order valence-electron chi connectivity index (χ4n) is 0.209. The van der Waals surface area contributed by atoms with Gasteiger partial charge in [-0.25, -0.2) is 4.79 Å². The lowest BCUT2D eigenvalue weighted by Crippen LogP contribution is -2.05. The zero-order chi connectivity index (χ0) is 11.8. The minimum atomic E-state index is -0.547. The van der Waals surface area contributed by atoms with Crippen molar-refractivity contribution in [3.05, 3.63) is 11.6 Å². The van der Waals surface area contributed by atoms with Crippen molar-refractivity contribution in [3.63, 3.8) is 0 Å². The Balaban J connectivity index is 0. The molecule has 0 aromatic rings. The lowest BCUT2D eigenvalue weighted by molar-refractivity contribution is -0.137. The van der Waals surface area contributed by atoms with E-state index in [2.05, 4.69) is 44.7 Å². The molecule has 0 spiro atoms. The van der Waals surface area contributed by atoms with Crippen LogP contribution in [-0.2, 0) is 9.53 Å². The topological polar surface area (TPSA) is 26.3 Å². The molecule has 14 heavy (non-hydrogen) atoms. The number of esters is 1. The molecule has 84 valence electrons. The van der Waals surface area contributed by atoms with Gasteiger partial charge < -0.3 is 4.74 Å². The minimum absolute atomic E-state index is 0.0770. The molecule has 0 rings (SSSR count). The summed E-state index contributed by atoms with van der Waals surface area (Å²) in [4.78, 5) is 10.3. The van der Waals surface area contributed by atoms with Crippen LogP contribution in [0.1, 0.15) is 27.7 Å². The molecule has 0 aliphatic rings. The average molecular weight is 239 g/mol. The fourth-order valence-corrected chi connectivity index (χ4v) is 0.264. The van der Waals surface area contributed by atoms with Gasteiger partial charge in [-0.3, -0.25) is 0 Å². The highest BCUT2D eigenvalue weighted by Gasteiger charge is 2.04. The molecule has 0 aromatic heterocycles. The minimum Gasteiger partial charge on any atom is -0.462 e. The van der Waals surface area contributed by atoms with Gasteiger partial charge >= 0.3 is 5.97 Å². The Hall–Kier alpha value is -0.150. The van der Waals surface area contributed by atoms with Gasteiger partial charge in [0.05, 0.1) is 6.61 Å². The monoisotopic (exact) mass is 238 g/mol. The van der Waals surface area contributed by atoms with Crippen LogP contribution in [0.4, 0.5) is 0 Å². The second kappa shape index (κ2) is 8.18. The molecule has 0 amide bonds. The summed E-state index contributed by atoms with van der Waals surface area (Å²) in [7, 11) is 0. The van der Waals surface area contributed by atoms with Gasteiger partial charge in [0, 0.05) is 0 Å². The Labute approximate surface area is 97.1 Å². The molecule has 0 atom stereocenters. The Kier molecular flexibility index (Phi) is 9.52. The molecule has 0 saturated heterocycles. The van der Waals surface area contributed by atoms with Crippen molar-refractivity contribution >= 4 is 30.2 Å². The summed E-state index contributed by atoms with van der Waals surface area (Å²) >= 11 is 9.24. The highest BCUT2D eigenvalue weighted by atomic mass is 35.5. The van der Waals surface area contributed by atoms with Crippen molar-refractivity contribution < 1.29 is 9.53 Å². The summed E-state index contributed by atoms with van der Waals surface area (Å²) in [5.41, 5.74) is 0.406. The molecule has 0 N–H and O–H groups in total. The van der Waals surface area contributed by atoms with E-state index in [1.54, 1.807) is 6.92 Å². The Morgan fingerprint density at radius 3 is 1.93 bits per heavy atom. The first-order valence-electron chi connectivity index (χ1n) is 4.37. The molecule has 4 heteroatoms. The van der Waals surface area contributed by atoms with Crippen molar-refractivity contribution in [1.29, 1.82) is 0 Å². The van der Waals surface area contributed by atoms with Gasteiger partial charge in [-0.05, 0) is 18.1 Å². The van der Waals surface area contributed by atoms with Gasteiger partial charge in [0.2, 0.25) is 0 Å². The van der Waals surface area contributed by atoms with Crippen LogP contribution < -0.4 is 0 Å². The molecule has 0 unspecified atom stereocenters. The number of rotatable bonds is 2. The number of hydrogen-bond acceptors (Lipinski definition) is 3. The molecule has 0 aliphatic carbocycles. The molecule has 0 bridgehead atoms. The fraction of sp³-hybridized carbons (Fsp3) is 0.700. The maximum atomic E-state index is 10.3. The normalized spacial score (nSPS) is 9.86. The van der Waals surface area contributed by atoms with Gasteiger partial charge in [-0.2, -0.15) is 12.6 Å². The number of carbonyl (C=O) groups is 1. The maximum Gasteiger partial charge on any atom is 0.349 e. The van der Waals surface area contributed by atoms with Crippen LogP contribution in [0.25, 0.3) is 0 Å². The number of thiol groups is 1. The summed E-state index contributed by atoms with van der Waals surface area (Å²) in [5.74, 6) is 0.418. The van der Waals surface area contributed by atoms with Gasteiger partial charge in [0.1, 0.15) is 5.03 Å². The van der Waals surface area contributed by atoms with Crippen LogP contribution in [-0.4, -0.2) is 18.3 Å². The highest BCUT2D eigenvalue weighted by molar-refractivity contribution is 7.80. The van der Waals surface area contributed by atoms with Crippen molar-refractivity contribution in [2.24, 2.45) is 5.41 Å². The van der Waals surface area contributed by atoms with Crippen molar-refractivity contribution in [2.75, 3.05) is 12.4 Å². The lowest BCUT2D eigenvalue weighted by Gasteiger charge is -2.11. The van der Waals surface area contributed by atoms with Crippen LogP contribution in [0.2, 0.25) is 0 Å². The number of halogens is 1.